The molecule has 10 heteroatoms. The van der Waals surface area contributed by atoms with Gasteiger partial charge in [0.05, 0.1) is 17.0 Å². The number of aromatic carboxylic acids is 1. The van der Waals surface area contributed by atoms with Crippen LogP contribution in [0.1, 0.15) is 16.8 Å². The number of alkyl halides is 2. The van der Waals surface area contributed by atoms with Crippen LogP contribution in [-0.2, 0) is 10.0 Å². The van der Waals surface area contributed by atoms with E-state index in [2.05, 4.69) is 0 Å². The molecule has 0 radical (unpaired) electrons. The predicted octanol–water partition coefficient (Wildman–Crippen LogP) is 0.915. The third-order valence-corrected chi connectivity index (χ3v) is 5.18. The molecule has 1 unspecified atom stereocenters. The first-order valence-corrected chi connectivity index (χ1v) is 7.58. The van der Waals surface area contributed by atoms with Gasteiger partial charge in [0, 0.05) is 6.54 Å². The highest BCUT2D eigenvalue weighted by Gasteiger charge is 2.47. The van der Waals surface area contributed by atoms with Gasteiger partial charge in [-0.2, -0.15) is 4.31 Å². The highest BCUT2D eigenvalue weighted by Crippen LogP contribution is 2.31. The molecular weight excluding hydrogens is 327 g/mol. The lowest BCUT2D eigenvalue weighted by atomic mass is 10.1. The summed E-state index contributed by atoms with van der Waals surface area (Å²) in [5.41, 5.74) is -0.724. The Morgan fingerprint density at radius 2 is 2.00 bits per heavy atom. The molecule has 0 amide bonds. The Labute approximate surface area is 123 Å². The quantitative estimate of drug-likeness (QED) is 0.854. The number of hydrogen-bond acceptors (Lipinski definition) is 4. The predicted molar refractivity (Wildman–Crippen MR) is 67.7 cm³/mol. The molecule has 1 aliphatic rings. The number of rotatable bonds is 3. The van der Waals surface area contributed by atoms with Crippen LogP contribution < -0.4 is 0 Å². The van der Waals surface area contributed by atoms with Crippen molar-refractivity contribution in [2.24, 2.45) is 0 Å². The van der Waals surface area contributed by atoms with Gasteiger partial charge in [0.2, 0.25) is 10.0 Å². The van der Waals surface area contributed by atoms with Crippen molar-refractivity contribution < 1.29 is 36.6 Å². The number of hydrogen-bond donors (Lipinski definition) is 2. The van der Waals surface area contributed by atoms with Crippen molar-refractivity contribution in [1.29, 1.82) is 0 Å². The van der Waals surface area contributed by atoms with E-state index in [0.717, 1.165) is 12.1 Å². The number of piperidine rings is 1. The lowest BCUT2D eigenvalue weighted by Crippen LogP contribution is -2.53. The Morgan fingerprint density at radius 3 is 2.50 bits per heavy atom. The van der Waals surface area contributed by atoms with Crippen LogP contribution in [0.3, 0.4) is 0 Å². The lowest BCUT2D eigenvalue weighted by molar-refractivity contribution is -0.136. The SMILES string of the molecule is O=C(O)c1ccc(S(=O)(=O)N2CCC(O)C(F)(F)C2)cc1F. The summed E-state index contributed by atoms with van der Waals surface area (Å²) in [6.45, 7) is -1.57. The zero-order valence-electron chi connectivity index (χ0n) is 11.0. The van der Waals surface area contributed by atoms with Crippen LogP contribution in [-0.4, -0.2) is 54.0 Å². The minimum Gasteiger partial charge on any atom is -0.478 e. The average Bonchev–Trinajstić information content (AvgIpc) is 2.41. The molecule has 1 aromatic carbocycles. The molecule has 122 valence electrons. The Balaban J connectivity index is 2.35. The van der Waals surface area contributed by atoms with E-state index in [1.54, 1.807) is 0 Å². The summed E-state index contributed by atoms with van der Waals surface area (Å²) in [6.07, 6.45) is -2.40. The van der Waals surface area contributed by atoms with Crippen molar-refractivity contribution in [2.45, 2.75) is 23.3 Å². The summed E-state index contributed by atoms with van der Waals surface area (Å²) in [7, 11) is -4.41. The maximum Gasteiger partial charge on any atom is 0.338 e. The second-order valence-electron chi connectivity index (χ2n) is 4.85. The molecule has 0 saturated carbocycles. The smallest absolute Gasteiger partial charge is 0.338 e. The fraction of sp³-hybridized carbons (Fsp3) is 0.417. The first-order valence-electron chi connectivity index (χ1n) is 6.14. The lowest BCUT2D eigenvalue weighted by Gasteiger charge is -2.34. The van der Waals surface area contributed by atoms with Crippen LogP contribution in [0.4, 0.5) is 13.2 Å². The Kier molecular flexibility index (Phi) is 4.20. The fourth-order valence-electron chi connectivity index (χ4n) is 2.08. The van der Waals surface area contributed by atoms with Gasteiger partial charge in [0.1, 0.15) is 11.9 Å². The molecular formula is C12H12F3NO5S. The van der Waals surface area contributed by atoms with E-state index in [-0.39, 0.29) is 6.54 Å². The molecule has 1 aliphatic heterocycles. The van der Waals surface area contributed by atoms with E-state index in [9.17, 15) is 26.4 Å². The van der Waals surface area contributed by atoms with Gasteiger partial charge in [-0.05, 0) is 24.6 Å². The van der Waals surface area contributed by atoms with E-state index in [1.807, 2.05) is 0 Å². The summed E-state index contributed by atoms with van der Waals surface area (Å²) in [5.74, 6) is -6.46. The third-order valence-electron chi connectivity index (χ3n) is 3.34. The molecule has 2 N–H and O–H groups in total. The normalized spacial score (nSPS) is 22.5. The molecule has 1 saturated heterocycles. The maximum atomic E-state index is 13.6. The second kappa shape index (κ2) is 5.52. The zero-order chi connectivity index (χ0) is 16.7. The molecule has 1 heterocycles. The highest BCUT2D eigenvalue weighted by molar-refractivity contribution is 7.89. The van der Waals surface area contributed by atoms with Crippen LogP contribution in [0.15, 0.2) is 23.1 Å². The number of sulfonamides is 1. The first-order chi connectivity index (χ1) is 10.1. The number of carboxylic acids is 1. The van der Waals surface area contributed by atoms with Gasteiger partial charge in [-0.25, -0.2) is 26.4 Å². The standard InChI is InChI=1S/C12H12F3NO5S/c13-9-5-7(1-2-8(9)11(18)19)22(20,21)16-4-3-10(17)12(14,15)6-16/h1-2,5,10,17H,3-4,6H2,(H,18,19). The molecule has 0 aliphatic carbocycles. The number of nitrogens with zero attached hydrogens (tertiary/aromatic N) is 1. The van der Waals surface area contributed by atoms with E-state index >= 15 is 0 Å². The summed E-state index contributed by atoms with van der Waals surface area (Å²) in [5, 5.41) is 17.8. The second-order valence-corrected chi connectivity index (χ2v) is 6.79. The molecule has 1 atom stereocenters. The number of aliphatic hydroxyl groups excluding tert-OH is 1. The van der Waals surface area contributed by atoms with Gasteiger partial charge in [0.15, 0.2) is 0 Å². The topological polar surface area (TPSA) is 94.9 Å². The molecule has 1 aromatic rings. The molecule has 2 rings (SSSR count). The van der Waals surface area contributed by atoms with Gasteiger partial charge >= 0.3 is 5.97 Å². The maximum absolute atomic E-state index is 13.6. The number of benzene rings is 1. The van der Waals surface area contributed by atoms with Gasteiger partial charge in [0.25, 0.3) is 5.92 Å². The van der Waals surface area contributed by atoms with Crippen molar-refractivity contribution in [1.82, 2.24) is 4.31 Å². The van der Waals surface area contributed by atoms with Crippen LogP contribution in [0, 0.1) is 5.82 Å². The van der Waals surface area contributed by atoms with Crippen molar-refractivity contribution in [3.05, 3.63) is 29.6 Å². The summed E-state index contributed by atoms with van der Waals surface area (Å²) in [6, 6.07) is 2.06. The summed E-state index contributed by atoms with van der Waals surface area (Å²) >= 11 is 0. The number of carboxylic acid groups (broad SMARTS) is 1. The van der Waals surface area contributed by atoms with Gasteiger partial charge < -0.3 is 10.2 Å². The summed E-state index contributed by atoms with van der Waals surface area (Å²) < 4.78 is 65.3. The highest BCUT2D eigenvalue weighted by atomic mass is 32.2. The fourth-order valence-corrected chi connectivity index (χ4v) is 3.56. The minimum atomic E-state index is -4.41. The first kappa shape index (κ1) is 16.7. The van der Waals surface area contributed by atoms with Crippen molar-refractivity contribution in [3.63, 3.8) is 0 Å². The Morgan fingerprint density at radius 1 is 1.36 bits per heavy atom. The average molecular weight is 339 g/mol. The van der Waals surface area contributed by atoms with E-state index in [1.165, 1.54) is 0 Å². The van der Waals surface area contributed by atoms with Gasteiger partial charge in [-0.15, -0.1) is 0 Å². The summed E-state index contributed by atoms with van der Waals surface area (Å²) in [4.78, 5) is 10.1. The molecule has 6 nitrogen and oxygen atoms in total. The van der Waals surface area contributed by atoms with Crippen molar-refractivity contribution in [2.75, 3.05) is 13.1 Å². The monoisotopic (exact) mass is 339 g/mol. The molecule has 0 aromatic heterocycles. The van der Waals surface area contributed by atoms with Gasteiger partial charge in [-0.1, -0.05) is 0 Å². The molecule has 0 spiro atoms. The van der Waals surface area contributed by atoms with E-state index in [0.29, 0.717) is 10.4 Å². The number of aliphatic hydroxyl groups is 1. The number of carbonyl (C=O) groups is 1. The van der Waals surface area contributed by atoms with Crippen LogP contribution in [0.25, 0.3) is 0 Å². The zero-order valence-corrected chi connectivity index (χ0v) is 11.9. The molecule has 0 bridgehead atoms. The Bertz CT molecular complexity index is 707. The minimum absolute atomic E-state index is 0.346. The van der Waals surface area contributed by atoms with Crippen LogP contribution in [0.2, 0.25) is 0 Å². The third kappa shape index (κ3) is 2.94. The van der Waals surface area contributed by atoms with Crippen LogP contribution in [0.5, 0.6) is 0 Å². The molecule has 22 heavy (non-hydrogen) atoms. The van der Waals surface area contributed by atoms with Gasteiger partial charge in [-0.3, -0.25) is 0 Å². The van der Waals surface area contributed by atoms with Crippen LogP contribution >= 0.6 is 0 Å². The largest absolute Gasteiger partial charge is 0.478 e. The van der Waals surface area contributed by atoms with E-state index in [4.69, 9.17) is 10.2 Å². The van der Waals surface area contributed by atoms with Crippen molar-refractivity contribution >= 4 is 16.0 Å². The van der Waals surface area contributed by atoms with E-state index < -0.39 is 57.3 Å². The number of halogens is 3. The Hall–Kier alpha value is -1.65. The van der Waals surface area contributed by atoms with Crippen molar-refractivity contribution in [3.8, 4) is 0 Å². The molecule has 1 fully saturated rings.